The van der Waals surface area contributed by atoms with Crippen molar-refractivity contribution in [3.63, 3.8) is 0 Å². The first kappa shape index (κ1) is 17.7. The van der Waals surface area contributed by atoms with Gasteiger partial charge in [-0.2, -0.15) is 0 Å². The van der Waals surface area contributed by atoms with Gasteiger partial charge in [-0.05, 0) is 65.5 Å². The maximum Gasteiger partial charge on any atom is 0.225 e. The van der Waals surface area contributed by atoms with Crippen LogP contribution in [0.5, 0.6) is 0 Å². The summed E-state index contributed by atoms with van der Waals surface area (Å²) in [4.78, 5) is 14.1. The van der Waals surface area contributed by atoms with Gasteiger partial charge in [0.2, 0.25) is 5.91 Å². The number of hydrogen-bond donors (Lipinski definition) is 2. The summed E-state index contributed by atoms with van der Waals surface area (Å²) in [5.74, 6) is 0.0742. The van der Waals surface area contributed by atoms with E-state index in [0.717, 1.165) is 42.9 Å². The lowest BCUT2D eigenvalue weighted by atomic mass is 10.1. The summed E-state index contributed by atoms with van der Waals surface area (Å²) >= 11 is 0. The molecule has 21 heavy (non-hydrogen) atoms. The summed E-state index contributed by atoms with van der Waals surface area (Å²) in [6.45, 7) is 8.89. The Morgan fingerprint density at radius 2 is 1.71 bits per heavy atom. The molecule has 4 nitrogen and oxygen atoms in total. The molecule has 1 aromatic carbocycles. The van der Waals surface area contributed by atoms with Gasteiger partial charge in [0, 0.05) is 18.7 Å². The topological polar surface area (TPSA) is 44.4 Å². The van der Waals surface area contributed by atoms with Crippen LogP contribution in [0.4, 0.5) is 5.69 Å². The zero-order chi connectivity index (χ0) is 15.8. The van der Waals surface area contributed by atoms with Gasteiger partial charge in [0.25, 0.3) is 0 Å². The van der Waals surface area contributed by atoms with Crippen LogP contribution in [0.2, 0.25) is 0 Å². The average Bonchev–Trinajstić information content (AvgIpc) is 2.37. The number of nitrogens with one attached hydrogen (secondary N) is 2. The van der Waals surface area contributed by atoms with Crippen LogP contribution in [0.1, 0.15) is 29.5 Å². The quantitative estimate of drug-likeness (QED) is 0.723. The van der Waals surface area contributed by atoms with Crippen LogP contribution in [-0.2, 0) is 4.79 Å². The SMILES string of the molecule is Cc1cc(C)c(NC(=O)CCNCCCN(C)C)c(C)c1. The van der Waals surface area contributed by atoms with Gasteiger partial charge in [-0.1, -0.05) is 17.7 Å². The van der Waals surface area contributed by atoms with E-state index in [2.05, 4.69) is 48.7 Å². The van der Waals surface area contributed by atoms with Crippen molar-refractivity contribution < 1.29 is 4.79 Å². The van der Waals surface area contributed by atoms with Gasteiger partial charge in [0.1, 0.15) is 0 Å². The molecule has 1 rings (SSSR count). The number of anilines is 1. The summed E-state index contributed by atoms with van der Waals surface area (Å²) in [6.07, 6.45) is 1.61. The Hall–Kier alpha value is -1.39. The second-order valence-electron chi connectivity index (χ2n) is 5.98. The van der Waals surface area contributed by atoms with Crippen molar-refractivity contribution in [1.82, 2.24) is 10.2 Å². The van der Waals surface area contributed by atoms with Crippen molar-refractivity contribution in [1.29, 1.82) is 0 Å². The van der Waals surface area contributed by atoms with Crippen molar-refractivity contribution in [2.45, 2.75) is 33.6 Å². The first-order valence-electron chi connectivity index (χ1n) is 7.63. The molecule has 118 valence electrons. The van der Waals surface area contributed by atoms with Gasteiger partial charge in [0.15, 0.2) is 0 Å². The Morgan fingerprint density at radius 3 is 2.29 bits per heavy atom. The van der Waals surface area contributed by atoms with E-state index in [4.69, 9.17) is 0 Å². The Labute approximate surface area is 128 Å². The van der Waals surface area contributed by atoms with E-state index in [1.807, 2.05) is 13.8 Å². The van der Waals surface area contributed by atoms with Crippen molar-refractivity contribution in [3.8, 4) is 0 Å². The Balaban J connectivity index is 2.31. The van der Waals surface area contributed by atoms with Crippen molar-refractivity contribution in [3.05, 3.63) is 28.8 Å². The van der Waals surface area contributed by atoms with E-state index < -0.39 is 0 Å². The summed E-state index contributed by atoms with van der Waals surface area (Å²) < 4.78 is 0. The van der Waals surface area contributed by atoms with Gasteiger partial charge in [-0.25, -0.2) is 0 Å². The summed E-state index contributed by atoms with van der Waals surface area (Å²) in [7, 11) is 4.14. The van der Waals surface area contributed by atoms with E-state index in [1.165, 1.54) is 5.56 Å². The zero-order valence-corrected chi connectivity index (χ0v) is 14.0. The monoisotopic (exact) mass is 291 g/mol. The third-order valence-corrected chi connectivity index (χ3v) is 3.43. The maximum atomic E-state index is 12.0. The average molecular weight is 291 g/mol. The van der Waals surface area contributed by atoms with Crippen LogP contribution in [0.15, 0.2) is 12.1 Å². The Morgan fingerprint density at radius 1 is 1.10 bits per heavy atom. The normalized spacial score (nSPS) is 11.0. The van der Waals surface area contributed by atoms with Crippen LogP contribution >= 0.6 is 0 Å². The van der Waals surface area contributed by atoms with E-state index in [1.54, 1.807) is 0 Å². The highest BCUT2D eigenvalue weighted by molar-refractivity contribution is 5.92. The molecular formula is C17H29N3O. The predicted molar refractivity (Wildman–Crippen MR) is 89.9 cm³/mol. The molecule has 0 aromatic heterocycles. The Bertz CT molecular complexity index is 446. The first-order valence-corrected chi connectivity index (χ1v) is 7.63. The van der Waals surface area contributed by atoms with Gasteiger partial charge >= 0.3 is 0 Å². The highest BCUT2D eigenvalue weighted by Crippen LogP contribution is 2.21. The van der Waals surface area contributed by atoms with Crippen LogP contribution in [0.3, 0.4) is 0 Å². The lowest BCUT2D eigenvalue weighted by molar-refractivity contribution is -0.116. The smallest absolute Gasteiger partial charge is 0.225 e. The van der Waals surface area contributed by atoms with Crippen LogP contribution in [0, 0.1) is 20.8 Å². The number of nitrogens with zero attached hydrogens (tertiary/aromatic N) is 1. The lowest BCUT2D eigenvalue weighted by Crippen LogP contribution is -2.25. The van der Waals surface area contributed by atoms with Crippen molar-refractivity contribution in [2.24, 2.45) is 0 Å². The van der Waals surface area contributed by atoms with Gasteiger partial charge < -0.3 is 15.5 Å². The largest absolute Gasteiger partial charge is 0.326 e. The fourth-order valence-electron chi connectivity index (χ4n) is 2.43. The summed E-state index contributed by atoms with van der Waals surface area (Å²) in [5, 5.41) is 6.34. The highest BCUT2D eigenvalue weighted by Gasteiger charge is 2.07. The number of carbonyl (C=O) groups excluding carboxylic acids is 1. The molecule has 0 radical (unpaired) electrons. The van der Waals surface area contributed by atoms with Gasteiger partial charge in [0.05, 0.1) is 0 Å². The van der Waals surface area contributed by atoms with Gasteiger partial charge in [-0.15, -0.1) is 0 Å². The first-order chi connectivity index (χ1) is 9.90. The standard InChI is InChI=1S/C17H29N3O/c1-13-11-14(2)17(15(3)12-13)19-16(21)7-9-18-8-6-10-20(4)5/h11-12,18H,6-10H2,1-5H3,(H,19,21). The molecular weight excluding hydrogens is 262 g/mol. The number of carbonyl (C=O) groups is 1. The molecule has 4 heteroatoms. The van der Waals surface area contributed by atoms with Crippen LogP contribution in [-0.4, -0.2) is 44.5 Å². The molecule has 0 bridgehead atoms. The van der Waals surface area contributed by atoms with Gasteiger partial charge in [-0.3, -0.25) is 4.79 Å². The molecule has 0 heterocycles. The molecule has 0 atom stereocenters. The molecule has 0 saturated heterocycles. The lowest BCUT2D eigenvalue weighted by Gasteiger charge is -2.13. The minimum atomic E-state index is 0.0742. The van der Waals surface area contributed by atoms with E-state index in [-0.39, 0.29) is 5.91 Å². The Kier molecular flexibility index (Phi) is 7.40. The third kappa shape index (κ3) is 6.74. The number of amides is 1. The molecule has 1 aromatic rings. The predicted octanol–water partition coefficient (Wildman–Crippen LogP) is 2.48. The maximum absolute atomic E-state index is 12.0. The fourth-order valence-corrected chi connectivity index (χ4v) is 2.43. The second kappa shape index (κ2) is 8.80. The minimum absolute atomic E-state index is 0.0742. The van der Waals surface area contributed by atoms with E-state index in [9.17, 15) is 4.79 Å². The fraction of sp³-hybridized carbons (Fsp3) is 0.588. The third-order valence-electron chi connectivity index (χ3n) is 3.43. The molecule has 0 aliphatic rings. The van der Waals surface area contributed by atoms with Crippen LogP contribution < -0.4 is 10.6 Å². The summed E-state index contributed by atoms with van der Waals surface area (Å²) in [6, 6.07) is 4.20. The molecule has 0 aliphatic heterocycles. The molecule has 0 aliphatic carbocycles. The van der Waals surface area contributed by atoms with Crippen LogP contribution in [0.25, 0.3) is 0 Å². The van der Waals surface area contributed by atoms with Crippen molar-refractivity contribution in [2.75, 3.05) is 39.0 Å². The molecule has 0 saturated carbocycles. The van der Waals surface area contributed by atoms with E-state index >= 15 is 0 Å². The number of aryl methyl sites for hydroxylation is 3. The molecule has 0 fully saturated rings. The molecule has 1 amide bonds. The molecule has 0 spiro atoms. The zero-order valence-electron chi connectivity index (χ0n) is 14.0. The minimum Gasteiger partial charge on any atom is -0.326 e. The number of rotatable bonds is 8. The summed E-state index contributed by atoms with van der Waals surface area (Å²) in [5.41, 5.74) is 4.43. The number of benzene rings is 1. The van der Waals surface area contributed by atoms with Crippen molar-refractivity contribution >= 4 is 11.6 Å². The second-order valence-corrected chi connectivity index (χ2v) is 5.98. The molecule has 2 N–H and O–H groups in total. The molecule has 0 unspecified atom stereocenters. The van der Waals surface area contributed by atoms with E-state index in [0.29, 0.717) is 6.42 Å². The number of hydrogen-bond acceptors (Lipinski definition) is 3. The highest BCUT2D eigenvalue weighted by atomic mass is 16.1.